The number of hydrogen-bond acceptors (Lipinski definition) is 4. The molecule has 2 saturated heterocycles. The van der Waals surface area contributed by atoms with Crippen molar-refractivity contribution in [2.45, 2.75) is 38.5 Å². The van der Waals surface area contributed by atoms with E-state index in [-0.39, 0.29) is 0 Å². The minimum absolute atomic E-state index is 0.454. The molecule has 1 aromatic carbocycles. The molecule has 0 aliphatic carbocycles. The normalized spacial score (nSPS) is 20.0. The summed E-state index contributed by atoms with van der Waals surface area (Å²) in [4.78, 5) is 15.7. The number of piperidine rings is 1. The van der Waals surface area contributed by atoms with E-state index in [0.717, 1.165) is 50.6 Å². The number of rotatable bonds is 9. The van der Waals surface area contributed by atoms with E-state index in [1.165, 1.54) is 43.7 Å². The second-order valence-corrected chi connectivity index (χ2v) is 8.38. The fourth-order valence-electron chi connectivity index (χ4n) is 4.37. The van der Waals surface area contributed by atoms with E-state index in [4.69, 9.17) is 0 Å². The van der Waals surface area contributed by atoms with Crippen LogP contribution >= 0.6 is 0 Å². The molecule has 0 bridgehead atoms. The van der Waals surface area contributed by atoms with Gasteiger partial charge in [-0.1, -0.05) is 25.6 Å². The number of benzene rings is 1. The third-order valence-electron chi connectivity index (χ3n) is 6.29. The Hall–Kier alpha value is -1.85. The highest BCUT2D eigenvalue weighted by Gasteiger charge is 2.22. The third-order valence-corrected chi connectivity index (χ3v) is 6.29. The van der Waals surface area contributed by atoms with Crippen molar-refractivity contribution in [3.05, 3.63) is 42.1 Å². The van der Waals surface area contributed by atoms with Crippen molar-refractivity contribution in [3.8, 4) is 0 Å². The van der Waals surface area contributed by atoms with E-state index >= 15 is 0 Å². The summed E-state index contributed by atoms with van der Waals surface area (Å²) in [6.07, 6.45) is 5.11. The lowest BCUT2D eigenvalue weighted by Crippen LogP contribution is -2.46. The molecule has 1 amide bonds. The van der Waals surface area contributed by atoms with Crippen LogP contribution in [0.25, 0.3) is 0 Å². The SMILES string of the molecule is C=C(CCC(C)c1cccc(N2CCC(CN3CCNCC3)CC2)c1)NC=O. The molecule has 1 unspecified atom stereocenters. The van der Waals surface area contributed by atoms with Crippen LogP contribution in [0.3, 0.4) is 0 Å². The smallest absolute Gasteiger partial charge is 0.211 e. The molecule has 2 heterocycles. The monoisotopic (exact) mass is 384 g/mol. The number of nitrogens with one attached hydrogen (secondary N) is 2. The zero-order chi connectivity index (χ0) is 19.8. The fourth-order valence-corrected chi connectivity index (χ4v) is 4.37. The molecule has 2 aliphatic rings. The summed E-state index contributed by atoms with van der Waals surface area (Å²) in [5, 5.41) is 6.10. The molecule has 2 N–H and O–H groups in total. The van der Waals surface area contributed by atoms with E-state index in [0.29, 0.717) is 12.3 Å². The fraction of sp³-hybridized carbons (Fsp3) is 0.609. The topological polar surface area (TPSA) is 47.6 Å². The first-order chi connectivity index (χ1) is 13.7. The standard InChI is InChI=1S/C23H36N4O/c1-19(6-7-20(2)25-18-28)22-4-3-5-23(16-22)27-12-8-21(9-13-27)17-26-14-10-24-11-15-26/h3-5,16,18-19,21,24H,2,6-15,17H2,1H3,(H,25,28). The molecule has 0 saturated carbocycles. The summed E-state index contributed by atoms with van der Waals surface area (Å²) >= 11 is 0. The molecule has 5 heteroatoms. The summed E-state index contributed by atoms with van der Waals surface area (Å²) in [7, 11) is 0. The van der Waals surface area contributed by atoms with Gasteiger partial charge in [0.15, 0.2) is 0 Å². The predicted octanol–water partition coefficient (Wildman–Crippen LogP) is 2.95. The zero-order valence-corrected chi connectivity index (χ0v) is 17.3. The van der Waals surface area contributed by atoms with Gasteiger partial charge in [-0.15, -0.1) is 0 Å². The van der Waals surface area contributed by atoms with Gasteiger partial charge in [0.1, 0.15) is 0 Å². The maximum absolute atomic E-state index is 10.5. The first kappa shape index (κ1) is 20.9. The molecule has 2 aliphatic heterocycles. The lowest BCUT2D eigenvalue weighted by atomic mass is 9.93. The van der Waals surface area contributed by atoms with Gasteiger partial charge in [0.05, 0.1) is 0 Å². The summed E-state index contributed by atoms with van der Waals surface area (Å²) in [6.45, 7) is 14.4. The van der Waals surface area contributed by atoms with Crippen LogP contribution in [0, 0.1) is 5.92 Å². The molecule has 1 aromatic rings. The summed E-state index contributed by atoms with van der Waals surface area (Å²) < 4.78 is 0. The number of piperazine rings is 1. The minimum atomic E-state index is 0.454. The average molecular weight is 385 g/mol. The highest BCUT2D eigenvalue weighted by molar-refractivity contribution is 5.50. The molecular formula is C23H36N4O. The lowest BCUT2D eigenvalue weighted by molar-refractivity contribution is -0.109. The van der Waals surface area contributed by atoms with Crippen LogP contribution in [0.15, 0.2) is 36.5 Å². The summed E-state index contributed by atoms with van der Waals surface area (Å²) in [5.41, 5.74) is 3.53. The molecule has 3 rings (SSSR count). The Morgan fingerprint density at radius 3 is 2.75 bits per heavy atom. The van der Waals surface area contributed by atoms with Gasteiger partial charge in [0.2, 0.25) is 6.41 Å². The Morgan fingerprint density at radius 2 is 2.04 bits per heavy atom. The molecule has 5 nitrogen and oxygen atoms in total. The van der Waals surface area contributed by atoms with E-state index < -0.39 is 0 Å². The molecule has 28 heavy (non-hydrogen) atoms. The number of nitrogens with zero attached hydrogens (tertiary/aromatic N) is 2. The van der Waals surface area contributed by atoms with Gasteiger partial charge in [0.25, 0.3) is 0 Å². The Morgan fingerprint density at radius 1 is 1.29 bits per heavy atom. The van der Waals surface area contributed by atoms with E-state index in [9.17, 15) is 4.79 Å². The van der Waals surface area contributed by atoms with Crippen LogP contribution < -0.4 is 15.5 Å². The Kier molecular flexibility index (Phi) is 7.92. The number of hydrogen-bond donors (Lipinski definition) is 2. The summed E-state index contributed by atoms with van der Waals surface area (Å²) in [5.74, 6) is 1.29. The van der Waals surface area contributed by atoms with Crippen molar-refractivity contribution in [2.24, 2.45) is 5.92 Å². The molecule has 0 aromatic heterocycles. The Balaban J connectivity index is 1.48. The van der Waals surface area contributed by atoms with Gasteiger partial charge in [-0.05, 0) is 55.2 Å². The molecule has 0 spiro atoms. The molecular weight excluding hydrogens is 348 g/mol. The van der Waals surface area contributed by atoms with Crippen molar-refractivity contribution in [2.75, 3.05) is 50.7 Å². The largest absolute Gasteiger partial charge is 0.372 e. The van der Waals surface area contributed by atoms with Crippen molar-refractivity contribution in [1.82, 2.24) is 15.5 Å². The van der Waals surface area contributed by atoms with Crippen LogP contribution in [0.1, 0.15) is 44.1 Å². The second kappa shape index (κ2) is 10.6. The van der Waals surface area contributed by atoms with Gasteiger partial charge in [-0.25, -0.2) is 0 Å². The van der Waals surface area contributed by atoms with Crippen molar-refractivity contribution >= 4 is 12.1 Å². The van der Waals surface area contributed by atoms with Crippen molar-refractivity contribution in [3.63, 3.8) is 0 Å². The van der Waals surface area contributed by atoms with E-state index in [1.807, 2.05) is 0 Å². The van der Waals surface area contributed by atoms with E-state index in [1.54, 1.807) is 0 Å². The van der Waals surface area contributed by atoms with Crippen LogP contribution in [-0.4, -0.2) is 57.1 Å². The van der Waals surface area contributed by atoms with Gasteiger partial charge >= 0.3 is 0 Å². The summed E-state index contributed by atoms with van der Waals surface area (Å²) in [6, 6.07) is 9.02. The van der Waals surface area contributed by atoms with Crippen LogP contribution in [0.2, 0.25) is 0 Å². The zero-order valence-electron chi connectivity index (χ0n) is 17.3. The average Bonchev–Trinajstić information content (AvgIpc) is 2.74. The highest BCUT2D eigenvalue weighted by atomic mass is 16.1. The second-order valence-electron chi connectivity index (χ2n) is 8.38. The number of carbonyl (C=O) groups is 1. The van der Waals surface area contributed by atoms with Crippen molar-refractivity contribution < 1.29 is 4.79 Å². The van der Waals surface area contributed by atoms with Gasteiger partial charge < -0.3 is 20.4 Å². The Bertz CT molecular complexity index is 633. The first-order valence-corrected chi connectivity index (χ1v) is 10.8. The Labute approximate surface area is 170 Å². The molecule has 0 radical (unpaired) electrons. The minimum Gasteiger partial charge on any atom is -0.372 e. The van der Waals surface area contributed by atoms with Crippen LogP contribution in [0.4, 0.5) is 5.69 Å². The van der Waals surface area contributed by atoms with Gasteiger partial charge in [-0.2, -0.15) is 0 Å². The number of allylic oxidation sites excluding steroid dienone is 1. The first-order valence-electron chi connectivity index (χ1n) is 10.8. The van der Waals surface area contributed by atoms with Crippen LogP contribution in [-0.2, 0) is 4.79 Å². The number of anilines is 1. The van der Waals surface area contributed by atoms with Crippen LogP contribution in [0.5, 0.6) is 0 Å². The predicted molar refractivity (Wildman–Crippen MR) is 117 cm³/mol. The van der Waals surface area contributed by atoms with Gasteiger partial charge in [-0.3, -0.25) is 4.79 Å². The quantitative estimate of drug-likeness (QED) is 0.643. The number of amides is 1. The van der Waals surface area contributed by atoms with Gasteiger partial charge in [0, 0.05) is 57.2 Å². The highest BCUT2D eigenvalue weighted by Crippen LogP contribution is 2.29. The van der Waals surface area contributed by atoms with Crippen molar-refractivity contribution in [1.29, 1.82) is 0 Å². The maximum Gasteiger partial charge on any atom is 0.211 e. The van der Waals surface area contributed by atoms with E-state index in [2.05, 4.69) is 58.2 Å². The molecule has 2 fully saturated rings. The molecule has 1 atom stereocenters. The lowest BCUT2D eigenvalue weighted by Gasteiger charge is -2.37. The maximum atomic E-state index is 10.5. The number of carbonyl (C=O) groups excluding carboxylic acids is 1. The molecule has 154 valence electrons. The third kappa shape index (κ3) is 6.08.